The first-order valence-corrected chi connectivity index (χ1v) is 7.54. The van der Waals surface area contributed by atoms with Gasteiger partial charge in [0, 0.05) is 21.4 Å². The normalized spacial score (nSPS) is 15.4. The maximum absolute atomic E-state index is 12.0. The molecule has 0 aliphatic heterocycles. The van der Waals surface area contributed by atoms with Crippen LogP contribution in [-0.4, -0.2) is 9.96 Å². The summed E-state index contributed by atoms with van der Waals surface area (Å²) < 4.78 is 12.0. The fraction of sp³-hybridized carbons (Fsp3) is 0.583. The van der Waals surface area contributed by atoms with E-state index in [1.54, 1.807) is 11.3 Å². The van der Waals surface area contributed by atoms with Crippen molar-refractivity contribution in [1.29, 1.82) is 5.26 Å². The average Bonchev–Trinajstić information content (AvgIpc) is 2.78. The predicted molar refractivity (Wildman–Crippen MR) is 69.8 cm³/mol. The molecule has 1 rings (SSSR count). The number of thiophene rings is 1. The minimum atomic E-state index is -0.883. The van der Waals surface area contributed by atoms with E-state index in [-0.39, 0.29) is 10.7 Å². The van der Waals surface area contributed by atoms with Crippen LogP contribution in [0.4, 0.5) is 0 Å². The zero-order valence-electron chi connectivity index (χ0n) is 9.90. The summed E-state index contributed by atoms with van der Waals surface area (Å²) in [4.78, 5) is 1.16. The van der Waals surface area contributed by atoms with Gasteiger partial charge in [0.05, 0.1) is 16.7 Å². The van der Waals surface area contributed by atoms with Gasteiger partial charge in [-0.15, -0.1) is 11.3 Å². The monoisotopic (exact) mass is 255 g/mol. The van der Waals surface area contributed by atoms with Crippen molar-refractivity contribution in [3.63, 3.8) is 0 Å². The summed E-state index contributed by atoms with van der Waals surface area (Å²) in [5.74, 6) is 0.597. The molecule has 88 valence electrons. The summed E-state index contributed by atoms with van der Waals surface area (Å²) in [6.45, 7) is 5.77. The zero-order valence-corrected chi connectivity index (χ0v) is 11.5. The molecule has 1 aromatic rings. The molecule has 0 aliphatic rings. The molecule has 0 radical (unpaired) electrons. The Morgan fingerprint density at radius 2 is 2.31 bits per heavy atom. The Hall–Kier alpha value is -0.660. The van der Waals surface area contributed by atoms with Crippen molar-refractivity contribution in [2.75, 3.05) is 5.75 Å². The van der Waals surface area contributed by atoms with Gasteiger partial charge in [0.2, 0.25) is 0 Å². The molecule has 0 fully saturated rings. The molecule has 0 N–H and O–H groups in total. The molecule has 1 aromatic heterocycles. The Labute approximate surface area is 104 Å². The molecule has 2 atom stereocenters. The third kappa shape index (κ3) is 3.73. The van der Waals surface area contributed by atoms with E-state index < -0.39 is 10.8 Å². The quantitative estimate of drug-likeness (QED) is 0.808. The van der Waals surface area contributed by atoms with Crippen molar-refractivity contribution in [2.45, 2.75) is 32.4 Å². The van der Waals surface area contributed by atoms with Crippen molar-refractivity contribution in [2.24, 2.45) is 5.41 Å². The SMILES string of the molecule is C[C@@H](c1cccs1)[S@@](=O)CCC(C)(C)C#N. The number of hydrogen-bond donors (Lipinski definition) is 0. The molecule has 2 nitrogen and oxygen atoms in total. The van der Waals surface area contributed by atoms with Gasteiger partial charge in [-0.3, -0.25) is 4.21 Å². The highest BCUT2D eigenvalue weighted by Gasteiger charge is 2.21. The van der Waals surface area contributed by atoms with Gasteiger partial charge in [0.25, 0.3) is 0 Å². The molecule has 0 saturated carbocycles. The van der Waals surface area contributed by atoms with Crippen molar-refractivity contribution in [3.05, 3.63) is 22.4 Å². The van der Waals surface area contributed by atoms with Crippen LogP contribution < -0.4 is 0 Å². The second-order valence-corrected chi connectivity index (χ2v) is 7.34. The molecule has 4 heteroatoms. The lowest BCUT2D eigenvalue weighted by atomic mass is 9.93. The molecule has 1 heterocycles. The van der Waals surface area contributed by atoms with Gasteiger partial charge in [0.15, 0.2) is 0 Å². The van der Waals surface area contributed by atoms with E-state index in [0.717, 1.165) is 4.88 Å². The maximum Gasteiger partial charge on any atom is 0.0684 e. The Balaban J connectivity index is 2.51. The lowest BCUT2D eigenvalue weighted by Gasteiger charge is -2.16. The van der Waals surface area contributed by atoms with Crippen molar-refractivity contribution >= 4 is 22.1 Å². The van der Waals surface area contributed by atoms with E-state index >= 15 is 0 Å². The Bertz CT molecular complexity index is 390. The standard InChI is InChI=1S/C12H17NOS2/c1-10(11-5-4-7-15-11)16(14)8-6-12(2,3)9-13/h4-5,7,10H,6,8H2,1-3H3/t10-,16-/m0/s1. The van der Waals surface area contributed by atoms with Gasteiger partial charge in [-0.1, -0.05) is 6.07 Å². The Morgan fingerprint density at radius 3 is 2.81 bits per heavy atom. The van der Waals surface area contributed by atoms with Crippen LogP contribution in [0.1, 0.15) is 37.3 Å². The van der Waals surface area contributed by atoms with Crippen LogP contribution in [-0.2, 0) is 10.8 Å². The predicted octanol–water partition coefficient (Wildman–Crippen LogP) is 3.50. The second kappa shape index (κ2) is 5.60. The highest BCUT2D eigenvalue weighted by atomic mass is 32.2. The minimum Gasteiger partial charge on any atom is -0.259 e. The first-order valence-electron chi connectivity index (χ1n) is 5.28. The van der Waals surface area contributed by atoms with Crippen molar-refractivity contribution in [3.8, 4) is 6.07 Å². The molecule has 0 amide bonds. The van der Waals surface area contributed by atoms with E-state index in [0.29, 0.717) is 12.2 Å². The topological polar surface area (TPSA) is 40.9 Å². The van der Waals surface area contributed by atoms with E-state index in [4.69, 9.17) is 5.26 Å². The van der Waals surface area contributed by atoms with Crippen LogP contribution in [0.15, 0.2) is 17.5 Å². The van der Waals surface area contributed by atoms with Crippen molar-refractivity contribution in [1.82, 2.24) is 0 Å². The largest absolute Gasteiger partial charge is 0.259 e. The van der Waals surface area contributed by atoms with Crippen molar-refractivity contribution < 1.29 is 4.21 Å². The molecule has 0 saturated heterocycles. The molecular formula is C12H17NOS2. The van der Waals surface area contributed by atoms with Gasteiger partial charge in [0.1, 0.15) is 0 Å². The van der Waals surface area contributed by atoms with Gasteiger partial charge in [-0.2, -0.15) is 5.26 Å². The zero-order chi connectivity index (χ0) is 12.2. The number of nitrogens with zero attached hydrogens (tertiary/aromatic N) is 1. The van der Waals surface area contributed by atoms with Gasteiger partial charge in [-0.25, -0.2) is 0 Å². The Morgan fingerprint density at radius 1 is 1.62 bits per heavy atom. The molecule has 0 spiro atoms. The highest BCUT2D eigenvalue weighted by molar-refractivity contribution is 7.85. The summed E-state index contributed by atoms with van der Waals surface area (Å²) in [6.07, 6.45) is 0.686. The first kappa shape index (κ1) is 13.4. The van der Waals surface area contributed by atoms with Crippen LogP contribution in [0.5, 0.6) is 0 Å². The summed E-state index contributed by atoms with van der Waals surface area (Å²) >= 11 is 1.64. The summed E-state index contributed by atoms with van der Waals surface area (Å²) in [6, 6.07) is 6.23. The van der Waals surface area contributed by atoms with E-state index in [1.165, 1.54) is 0 Å². The number of hydrogen-bond acceptors (Lipinski definition) is 3. The average molecular weight is 255 g/mol. The highest BCUT2D eigenvalue weighted by Crippen LogP contribution is 2.26. The fourth-order valence-electron chi connectivity index (χ4n) is 1.24. The second-order valence-electron chi connectivity index (χ2n) is 4.49. The third-order valence-corrected chi connectivity index (χ3v) is 5.42. The molecular weight excluding hydrogens is 238 g/mol. The van der Waals surface area contributed by atoms with E-state index in [2.05, 4.69) is 6.07 Å². The molecule has 0 unspecified atom stereocenters. The number of rotatable bonds is 5. The van der Waals surface area contributed by atoms with Crippen LogP contribution in [0.3, 0.4) is 0 Å². The lowest BCUT2D eigenvalue weighted by molar-refractivity contribution is 0.478. The first-order chi connectivity index (χ1) is 7.46. The minimum absolute atomic E-state index is 0.0782. The summed E-state index contributed by atoms with van der Waals surface area (Å²) in [5.41, 5.74) is -0.370. The van der Waals surface area contributed by atoms with E-state index in [9.17, 15) is 4.21 Å². The summed E-state index contributed by atoms with van der Waals surface area (Å²) in [7, 11) is -0.883. The molecule has 16 heavy (non-hydrogen) atoms. The van der Waals surface area contributed by atoms with Gasteiger partial charge >= 0.3 is 0 Å². The van der Waals surface area contributed by atoms with E-state index in [1.807, 2.05) is 38.3 Å². The Kier molecular flexibility index (Phi) is 4.69. The molecule has 0 aliphatic carbocycles. The van der Waals surface area contributed by atoms with Gasteiger partial charge < -0.3 is 0 Å². The number of nitriles is 1. The van der Waals surface area contributed by atoms with Crippen LogP contribution in [0.2, 0.25) is 0 Å². The maximum atomic E-state index is 12.0. The fourth-order valence-corrected chi connectivity index (χ4v) is 3.79. The third-order valence-electron chi connectivity index (χ3n) is 2.57. The van der Waals surface area contributed by atoms with Crippen LogP contribution in [0.25, 0.3) is 0 Å². The van der Waals surface area contributed by atoms with Gasteiger partial charge in [-0.05, 0) is 38.6 Å². The smallest absolute Gasteiger partial charge is 0.0684 e. The molecule has 0 aromatic carbocycles. The van der Waals surface area contributed by atoms with Crippen LogP contribution >= 0.6 is 11.3 Å². The lowest BCUT2D eigenvalue weighted by Crippen LogP contribution is -2.15. The van der Waals surface area contributed by atoms with Crippen LogP contribution in [0, 0.1) is 16.7 Å². The molecule has 0 bridgehead atoms. The summed E-state index contributed by atoms with van der Waals surface area (Å²) in [5, 5.41) is 11.0.